The van der Waals surface area contributed by atoms with Crippen molar-refractivity contribution in [1.82, 2.24) is 10.3 Å². The first kappa shape index (κ1) is 10.0. The number of nitrogens with one attached hydrogen (secondary N) is 1. The summed E-state index contributed by atoms with van der Waals surface area (Å²) in [5, 5.41) is 3.53. The van der Waals surface area contributed by atoms with E-state index in [0.29, 0.717) is 17.9 Å². The molecule has 0 amide bonds. The molecule has 1 saturated heterocycles. The van der Waals surface area contributed by atoms with Crippen molar-refractivity contribution in [3.8, 4) is 0 Å². The van der Waals surface area contributed by atoms with E-state index in [9.17, 15) is 0 Å². The Balaban J connectivity index is 1.86. The van der Waals surface area contributed by atoms with Crippen LogP contribution in [0.1, 0.15) is 32.7 Å². The van der Waals surface area contributed by atoms with Crippen molar-refractivity contribution in [1.29, 1.82) is 0 Å². The van der Waals surface area contributed by atoms with E-state index < -0.39 is 5.89 Å². The highest BCUT2D eigenvalue weighted by molar-refractivity contribution is 5.14. The van der Waals surface area contributed by atoms with Crippen molar-refractivity contribution in [3.05, 3.63) is 30.1 Å². The monoisotopic (exact) mass is 232 g/mol. The SMILES string of the molecule is [2H]C(C)(c1ccccn1)C1NCC2CC(N)CC21. The van der Waals surface area contributed by atoms with E-state index in [-0.39, 0.29) is 6.04 Å². The topological polar surface area (TPSA) is 50.9 Å². The van der Waals surface area contributed by atoms with Crippen molar-refractivity contribution < 1.29 is 1.37 Å². The predicted molar refractivity (Wildman–Crippen MR) is 68.6 cm³/mol. The van der Waals surface area contributed by atoms with Crippen molar-refractivity contribution in [2.24, 2.45) is 17.6 Å². The van der Waals surface area contributed by atoms with E-state index in [1.807, 2.05) is 25.1 Å². The molecule has 0 radical (unpaired) electrons. The molecule has 3 nitrogen and oxygen atoms in total. The van der Waals surface area contributed by atoms with Crippen molar-refractivity contribution in [2.75, 3.05) is 6.54 Å². The molecule has 2 fully saturated rings. The van der Waals surface area contributed by atoms with Gasteiger partial charge in [-0.1, -0.05) is 13.0 Å². The minimum atomic E-state index is -0.676. The number of fused-ring (bicyclic) bond motifs is 1. The van der Waals surface area contributed by atoms with Gasteiger partial charge < -0.3 is 11.1 Å². The highest BCUT2D eigenvalue weighted by Gasteiger charge is 2.44. The van der Waals surface area contributed by atoms with Gasteiger partial charge in [0.2, 0.25) is 0 Å². The summed E-state index contributed by atoms with van der Waals surface area (Å²) >= 11 is 0. The summed E-state index contributed by atoms with van der Waals surface area (Å²) in [5.41, 5.74) is 6.92. The van der Waals surface area contributed by atoms with Gasteiger partial charge >= 0.3 is 0 Å². The first-order valence-corrected chi connectivity index (χ1v) is 6.49. The van der Waals surface area contributed by atoms with Gasteiger partial charge in [0.25, 0.3) is 0 Å². The van der Waals surface area contributed by atoms with Crippen LogP contribution >= 0.6 is 0 Å². The second kappa shape index (κ2) is 4.39. The van der Waals surface area contributed by atoms with Gasteiger partial charge in [-0.15, -0.1) is 0 Å². The average Bonchev–Trinajstić information content (AvgIpc) is 2.88. The second-order valence-electron chi connectivity index (χ2n) is 5.44. The molecular weight excluding hydrogens is 210 g/mol. The molecular formula is C14H21N3. The summed E-state index contributed by atoms with van der Waals surface area (Å²) < 4.78 is 8.72. The summed E-state index contributed by atoms with van der Waals surface area (Å²) in [6, 6.07) is 6.31. The van der Waals surface area contributed by atoms with Crippen LogP contribution in [0.2, 0.25) is 0 Å². The molecule has 1 aromatic heterocycles. The van der Waals surface area contributed by atoms with E-state index in [4.69, 9.17) is 7.10 Å². The number of aromatic nitrogens is 1. The minimum Gasteiger partial charge on any atom is -0.328 e. The van der Waals surface area contributed by atoms with Crippen LogP contribution in [-0.4, -0.2) is 23.6 Å². The van der Waals surface area contributed by atoms with Gasteiger partial charge in [0.05, 0.1) is 0 Å². The molecule has 1 aromatic rings. The van der Waals surface area contributed by atoms with Crippen LogP contribution in [0.3, 0.4) is 0 Å². The Hall–Kier alpha value is -0.930. The molecule has 3 heteroatoms. The Morgan fingerprint density at radius 2 is 2.41 bits per heavy atom. The first-order valence-electron chi connectivity index (χ1n) is 6.99. The molecule has 0 aromatic carbocycles. The lowest BCUT2D eigenvalue weighted by Gasteiger charge is -2.25. The number of hydrogen-bond acceptors (Lipinski definition) is 3. The van der Waals surface area contributed by atoms with E-state index in [2.05, 4.69) is 10.3 Å². The zero-order chi connectivity index (χ0) is 12.8. The second-order valence-corrected chi connectivity index (χ2v) is 5.44. The van der Waals surface area contributed by atoms with E-state index in [0.717, 1.165) is 25.1 Å². The van der Waals surface area contributed by atoms with Crippen LogP contribution < -0.4 is 11.1 Å². The molecule has 2 heterocycles. The summed E-state index contributed by atoms with van der Waals surface area (Å²) in [7, 11) is 0. The minimum absolute atomic E-state index is 0.172. The molecule has 1 saturated carbocycles. The molecule has 92 valence electrons. The summed E-state index contributed by atoms with van der Waals surface area (Å²) in [5.74, 6) is 0.507. The zero-order valence-electron chi connectivity index (χ0n) is 11.3. The highest BCUT2D eigenvalue weighted by Crippen LogP contribution is 2.41. The van der Waals surface area contributed by atoms with Gasteiger partial charge in [-0.05, 0) is 43.4 Å². The molecule has 3 N–H and O–H groups in total. The Bertz CT molecular complexity index is 420. The lowest BCUT2D eigenvalue weighted by molar-refractivity contribution is 0.366. The number of pyridine rings is 1. The van der Waals surface area contributed by atoms with Crippen LogP contribution in [0.25, 0.3) is 0 Å². The van der Waals surface area contributed by atoms with Gasteiger partial charge in [-0.25, -0.2) is 0 Å². The van der Waals surface area contributed by atoms with Gasteiger partial charge in [0.15, 0.2) is 0 Å². The molecule has 17 heavy (non-hydrogen) atoms. The van der Waals surface area contributed by atoms with E-state index in [1.54, 1.807) is 6.20 Å². The highest BCUT2D eigenvalue weighted by atomic mass is 15.0. The molecule has 3 rings (SSSR count). The smallest absolute Gasteiger partial charge is 0.0447 e. The van der Waals surface area contributed by atoms with Gasteiger partial charge in [-0.2, -0.15) is 0 Å². The fourth-order valence-electron chi connectivity index (χ4n) is 3.50. The van der Waals surface area contributed by atoms with Crippen molar-refractivity contribution in [3.63, 3.8) is 0 Å². The summed E-state index contributed by atoms with van der Waals surface area (Å²) in [6.45, 7) is 2.98. The third-order valence-electron chi connectivity index (χ3n) is 4.35. The van der Waals surface area contributed by atoms with E-state index >= 15 is 0 Å². The lowest BCUT2D eigenvalue weighted by Crippen LogP contribution is -2.34. The number of nitrogens with two attached hydrogens (primary N) is 1. The Morgan fingerprint density at radius 3 is 3.18 bits per heavy atom. The van der Waals surface area contributed by atoms with Gasteiger partial charge in [-0.3, -0.25) is 4.98 Å². The first-order chi connectivity index (χ1) is 8.59. The number of nitrogens with zero attached hydrogens (tertiary/aromatic N) is 1. The quantitative estimate of drug-likeness (QED) is 0.812. The Kier molecular flexibility index (Phi) is 2.59. The summed E-state index contributed by atoms with van der Waals surface area (Å²) in [6.07, 6.45) is 3.92. The molecule has 1 aliphatic heterocycles. The normalized spacial score (nSPS) is 40.7. The number of rotatable bonds is 2. The third kappa shape index (κ3) is 1.98. The van der Waals surface area contributed by atoms with Crippen LogP contribution in [0.4, 0.5) is 0 Å². The Morgan fingerprint density at radius 1 is 1.53 bits per heavy atom. The maximum Gasteiger partial charge on any atom is 0.0447 e. The fraction of sp³-hybridized carbons (Fsp3) is 0.643. The zero-order valence-corrected chi connectivity index (χ0v) is 10.3. The maximum atomic E-state index is 8.72. The number of hydrogen-bond donors (Lipinski definition) is 2. The van der Waals surface area contributed by atoms with Crippen molar-refractivity contribution >= 4 is 0 Å². The molecule has 5 unspecified atom stereocenters. The lowest BCUT2D eigenvalue weighted by atomic mass is 9.85. The Labute approximate surface area is 104 Å². The average molecular weight is 232 g/mol. The fourth-order valence-corrected chi connectivity index (χ4v) is 3.50. The predicted octanol–water partition coefficient (Wildman–Crippen LogP) is 1.51. The molecule has 5 atom stereocenters. The third-order valence-corrected chi connectivity index (χ3v) is 4.35. The van der Waals surface area contributed by atoms with Gasteiger partial charge in [0, 0.05) is 31.2 Å². The molecule has 0 bridgehead atoms. The van der Waals surface area contributed by atoms with Crippen LogP contribution in [0.15, 0.2) is 24.4 Å². The standard InChI is InChI=1S/C14H21N3/c1-9(13-4-2-3-5-16-13)14-12-7-11(15)6-10(12)8-17-14/h2-5,9-12,14,17H,6-8,15H2,1H3/i9D. The van der Waals surface area contributed by atoms with Crippen LogP contribution in [0, 0.1) is 11.8 Å². The largest absolute Gasteiger partial charge is 0.328 e. The van der Waals surface area contributed by atoms with E-state index in [1.165, 1.54) is 0 Å². The van der Waals surface area contributed by atoms with Crippen molar-refractivity contribution in [2.45, 2.75) is 37.7 Å². The van der Waals surface area contributed by atoms with Crippen LogP contribution in [0.5, 0.6) is 0 Å². The van der Waals surface area contributed by atoms with Crippen LogP contribution in [-0.2, 0) is 0 Å². The maximum absolute atomic E-state index is 8.72. The molecule has 1 aliphatic carbocycles. The van der Waals surface area contributed by atoms with Gasteiger partial charge in [0.1, 0.15) is 0 Å². The molecule has 0 spiro atoms. The molecule has 2 aliphatic rings. The summed E-state index contributed by atoms with van der Waals surface area (Å²) in [4.78, 5) is 4.37.